The van der Waals surface area contributed by atoms with E-state index in [1.165, 1.54) is 5.56 Å². The van der Waals surface area contributed by atoms with Gasteiger partial charge in [0, 0.05) is 19.1 Å². The maximum Gasteiger partial charge on any atom is 0.263 e. The summed E-state index contributed by atoms with van der Waals surface area (Å²) in [5.74, 6) is 0.851. The largest absolute Gasteiger partial charge is 0.481 e. The molecule has 4 nitrogen and oxygen atoms in total. The molecule has 2 rings (SSSR count). The summed E-state index contributed by atoms with van der Waals surface area (Å²) in [5, 5.41) is 3.28. The smallest absolute Gasteiger partial charge is 0.263 e. The van der Waals surface area contributed by atoms with Crippen molar-refractivity contribution >= 4 is 18.3 Å². The lowest BCUT2D eigenvalue weighted by atomic mass is 9.87. The lowest BCUT2D eigenvalue weighted by Crippen LogP contribution is -2.48. The molecule has 24 heavy (non-hydrogen) atoms. The van der Waals surface area contributed by atoms with Crippen molar-refractivity contribution in [3.8, 4) is 5.75 Å². The first-order chi connectivity index (χ1) is 10.8. The van der Waals surface area contributed by atoms with Gasteiger partial charge in [-0.3, -0.25) is 4.79 Å². The number of hydrogen-bond donors (Lipinski definition) is 1. The summed E-state index contributed by atoms with van der Waals surface area (Å²) >= 11 is 0. The standard InChI is InChI=1S/C19H30N2O2.ClH/c1-14(18(22)21-11-9-16(20-5)10-12-21)23-17-8-6-7-15(13-17)19(2,3)4;/h6-8,13-14,16,20H,9-12H2,1-5H3;1H. The number of likely N-dealkylation sites (tertiary alicyclic amines) is 1. The van der Waals surface area contributed by atoms with E-state index in [4.69, 9.17) is 4.74 Å². The van der Waals surface area contributed by atoms with Gasteiger partial charge in [-0.15, -0.1) is 12.4 Å². The maximum absolute atomic E-state index is 12.6. The van der Waals surface area contributed by atoms with Crippen LogP contribution in [-0.4, -0.2) is 43.1 Å². The fraction of sp³-hybridized carbons (Fsp3) is 0.632. The topological polar surface area (TPSA) is 41.6 Å². The maximum atomic E-state index is 12.6. The number of halogens is 1. The molecule has 1 aromatic carbocycles. The van der Waals surface area contributed by atoms with Crippen LogP contribution in [0.4, 0.5) is 0 Å². The van der Waals surface area contributed by atoms with Gasteiger partial charge >= 0.3 is 0 Å². The Labute approximate surface area is 152 Å². The molecule has 0 spiro atoms. The number of benzene rings is 1. The average Bonchev–Trinajstić information content (AvgIpc) is 2.53. The lowest BCUT2D eigenvalue weighted by molar-refractivity contribution is -0.139. The van der Waals surface area contributed by atoms with Crippen LogP contribution in [0.15, 0.2) is 24.3 Å². The molecule has 1 unspecified atom stereocenters. The molecule has 136 valence electrons. The molecular formula is C19H31ClN2O2. The third-order valence-electron chi connectivity index (χ3n) is 4.58. The molecule has 1 atom stereocenters. The van der Waals surface area contributed by atoms with E-state index in [9.17, 15) is 4.79 Å². The van der Waals surface area contributed by atoms with Crippen LogP contribution in [0.25, 0.3) is 0 Å². The van der Waals surface area contributed by atoms with E-state index in [0.29, 0.717) is 6.04 Å². The molecule has 0 aromatic heterocycles. The van der Waals surface area contributed by atoms with Gasteiger partial charge in [0.15, 0.2) is 6.10 Å². The summed E-state index contributed by atoms with van der Waals surface area (Å²) < 4.78 is 5.91. The molecule has 1 aliphatic heterocycles. The molecule has 1 heterocycles. The van der Waals surface area contributed by atoms with Crippen molar-refractivity contribution in [1.82, 2.24) is 10.2 Å². The summed E-state index contributed by atoms with van der Waals surface area (Å²) in [7, 11) is 1.98. The second-order valence-corrected chi connectivity index (χ2v) is 7.43. The molecule has 0 aliphatic carbocycles. The summed E-state index contributed by atoms with van der Waals surface area (Å²) in [6, 6.07) is 8.58. The van der Waals surface area contributed by atoms with Crippen molar-refractivity contribution in [1.29, 1.82) is 0 Å². The van der Waals surface area contributed by atoms with E-state index in [-0.39, 0.29) is 23.7 Å². The Hall–Kier alpha value is -1.26. The normalized spacial score (nSPS) is 17.1. The van der Waals surface area contributed by atoms with Gasteiger partial charge < -0.3 is 15.0 Å². The first-order valence-corrected chi connectivity index (χ1v) is 8.54. The van der Waals surface area contributed by atoms with Crippen molar-refractivity contribution in [3.63, 3.8) is 0 Å². The van der Waals surface area contributed by atoms with Crippen LogP contribution in [0, 0.1) is 0 Å². The average molecular weight is 355 g/mol. The van der Waals surface area contributed by atoms with Gasteiger partial charge in [0.25, 0.3) is 5.91 Å². The molecule has 0 radical (unpaired) electrons. The minimum absolute atomic E-state index is 0. The number of carbonyl (C=O) groups is 1. The van der Waals surface area contributed by atoms with Crippen LogP contribution in [0.2, 0.25) is 0 Å². The van der Waals surface area contributed by atoms with Gasteiger partial charge in [-0.1, -0.05) is 32.9 Å². The highest BCUT2D eigenvalue weighted by atomic mass is 35.5. The lowest BCUT2D eigenvalue weighted by Gasteiger charge is -2.33. The van der Waals surface area contributed by atoms with Crippen LogP contribution in [0.3, 0.4) is 0 Å². The first-order valence-electron chi connectivity index (χ1n) is 8.54. The number of carbonyl (C=O) groups excluding carboxylic acids is 1. The van der Waals surface area contributed by atoms with Crippen molar-refractivity contribution in [2.75, 3.05) is 20.1 Å². The van der Waals surface area contributed by atoms with Crippen molar-refractivity contribution < 1.29 is 9.53 Å². The molecule has 0 bridgehead atoms. The Kier molecular flexibility index (Phi) is 7.56. The predicted octanol–water partition coefficient (Wildman–Crippen LogP) is 3.38. The van der Waals surface area contributed by atoms with Crippen molar-refractivity contribution in [2.24, 2.45) is 0 Å². The van der Waals surface area contributed by atoms with E-state index in [2.05, 4.69) is 32.2 Å². The molecule has 1 aliphatic rings. The summed E-state index contributed by atoms with van der Waals surface area (Å²) in [6.07, 6.45) is 1.57. The highest BCUT2D eigenvalue weighted by molar-refractivity contribution is 5.85. The Morgan fingerprint density at radius 1 is 1.29 bits per heavy atom. The molecule has 1 amide bonds. The molecule has 1 saturated heterocycles. The number of nitrogens with zero attached hydrogens (tertiary/aromatic N) is 1. The molecule has 0 saturated carbocycles. The number of amides is 1. The van der Waals surface area contributed by atoms with Gasteiger partial charge in [-0.05, 0) is 49.9 Å². The first kappa shape index (κ1) is 20.8. The number of ether oxygens (including phenoxy) is 1. The van der Waals surface area contributed by atoms with Crippen LogP contribution < -0.4 is 10.1 Å². The number of hydrogen-bond acceptors (Lipinski definition) is 3. The minimum atomic E-state index is -0.448. The second-order valence-electron chi connectivity index (χ2n) is 7.43. The van der Waals surface area contributed by atoms with Crippen molar-refractivity contribution in [2.45, 2.75) is 58.1 Å². The number of rotatable bonds is 4. The zero-order chi connectivity index (χ0) is 17.0. The zero-order valence-electron chi connectivity index (χ0n) is 15.5. The molecule has 1 fully saturated rings. The van der Waals surface area contributed by atoms with Gasteiger partial charge in [0.1, 0.15) is 5.75 Å². The third-order valence-corrected chi connectivity index (χ3v) is 4.58. The SMILES string of the molecule is CNC1CCN(C(=O)C(C)Oc2cccc(C(C)(C)C)c2)CC1.Cl. The van der Waals surface area contributed by atoms with E-state index >= 15 is 0 Å². The Bertz CT molecular complexity index is 534. The van der Waals surface area contributed by atoms with E-state index in [1.54, 1.807) is 0 Å². The van der Waals surface area contributed by atoms with Gasteiger partial charge in [0.05, 0.1) is 0 Å². The van der Waals surface area contributed by atoms with Crippen LogP contribution in [0.5, 0.6) is 5.75 Å². The fourth-order valence-electron chi connectivity index (χ4n) is 2.94. The summed E-state index contributed by atoms with van der Waals surface area (Å²) in [4.78, 5) is 14.5. The Balaban J connectivity index is 0.00000288. The highest BCUT2D eigenvalue weighted by Crippen LogP contribution is 2.26. The molecule has 5 heteroatoms. The fourth-order valence-corrected chi connectivity index (χ4v) is 2.94. The second kappa shape index (κ2) is 8.72. The van der Waals surface area contributed by atoms with Crippen LogP contribution in [-0.2, 0) is 10.2 Å². The van der Waals surface area contributed by atoms with E-state index < -0.39 is 6.10 Å². The van der Waals surface area contributed by atoms with Gasteiger partial charge in [0.2, 0.25) is 0 Å². The number of piperidine rings is 1. The minimum Gasteiger partial charge on any atom is -0.481 e. The Morgan fingerprint density at radius 2 is 1.92 bits per heavy atom. The van der Waals surface area contributed by atoms with Gasteiger partial charge in [-0.25, -0.2) is 0 Å². The van der Waals surface area contributed by atoms with Crippen LogP contribution in [0.1, 0.15) is 46.1 Å². The quantitative estimate of drug-likeness (QED) is 0.901. The molecule has 1 aromatic rings. The number of nitrogens with one attached hydrogen (secondary N) is 1. The summed E-state index contributed by atoms with van der Waals surface area (Å²) in [6.45, 7) is 9.97. The van der Waals surface area contributed by atoms with Gasteiger partial charge in [-0.2, -0.15) is 0 Å². The highest BCUT2D eigenvalue weighted by Gasteiger charge is 2.26. The van der Waals surface area contributed by atoms with E-state index in [0.717, 1.165) is 31.7 Å². The zero-order valence-corrected chi connectivity index (χ0v) is 16.3. The Morgan fingerprint density at radius 3 is 2.46 bits per heavy atom. The molecular weight excluding hydrogens is 324 g/mol. The third kappa shape index (κ3) is 5.38. The van der Waals surface area contributed by atoms with E-state index in [1.807, 2.05) is 37.1 Å². The molecule has 1 N–H and O–H groups in total. The monoisotopic (exact) mass is 354 g/mol. The predicted molar refractivity (Wildman–Crippen MR) is 101 cm³/mol. The van der Waals surface area contributed by atoms with Crippen LogP contribution >= 0.6 is 12.4 Å². The summed E-state index contributed by atoms with van der Waals surface area (Å²) in [5.41, 5.74) is 1.28. The van der Waals surface area contributed by atoms with Crippen molar-refractivity contribution in [3.05, 3.63) is 29.8 Å².